The van der Waals surface area contributed by atoms with Crippen molar-refractivity contribution in [2.24, 2.45) is 0 Å². The fourth-order valence-electron chi connectivity index (χ4n) is 4.32. The van der Waals surface area contributed by atoms with E-state index in [1.807, 2.05) is 26.8 Å². The lowest BCUT2D eigenvalue weighted by atomic mass is 10.2. The fourth-order valence-corrected chi connectivity index (χ4v) is 5.98. The van der Waals surface area contributed by atoms with Crippen LogP contribution >= 0.6 is 23.4 Å². The van der Waals surface area contributed by atoms with Crippen LogP contribution in [0.5, 0.6) is 0 Å². The summed E-state index contributed by atoms with van der Waals surface area (Å²) in [7, 11) is 0. The molecule has 2 aromatic rings. The largest absolute Gasteiger partial charge is 0.324 e. The zero-order valence-electron chi connectivity index (χ0n) is 18.4. The van der Waals surface area contributed by atoms with E-state index < -0.39 is 12.1 Å². The molecule has 3 amide bonds. The molecule has 1 aromatic heterocycles. The number of nitrogens with zero attached hydrogens (tertiary/aromatic N) is 3. The average molecular weight is 476 g/mol. The molecule has 0 aliphatic carbocycles. The summed E-state index contributed by atoms with van der Waals surface area (Å²) < 4.78 is 1.67. The van der Waals surface area contributed by atoms with Crippen LogP contribution in [0.2, 0.25) is 5.02 Å². The van der Waals surface area contributed by atoms with Crippen LogP contribution in [0.1, 0.15) is 44.1 Å². The third kappa shape index (κ3) is 4.11. The van der Waals surface area contributed by atoms with Gasteiger partial charge in [0.2, 0.25) is 17.7 Å². The molecule has 0 bridgehead atoms. The van der Waals surface area contributed by atoms with Crippen LogP contribution < -0.4 is 10.6 Å². The van der Waals surface area contributed by atoms with E-state index >= 15 is 0 Å². The van der Waals surface area contributed by atoms with Crippen molar-refractivity contribution in [1.29, 1.82) is 0 Å². The summed E-state index contributed by atoms with van der Waals surface area (Å²) in [6.07, 6.45) is 1.24. The van der Waals surface area contributed by atoms with Crippen molar-refractivity contribution in [1.82, 2.24) is 14.7 Å². The van der Waals surface area contributed by atoms with Crippen molar-refractivity contribution < 1.29 is 14.4 Å². The van der Waals surface area contributed by atoms with Gasteiger partial charge in [0.1, 0.15) is 12.1 Å². The summed E-state index contributed by atoms with van der Waals surface area (Å²) in [5, 5.41) is 10.3. The molecule has 3 heterocycles. The quantitative estimate of drug-likeness (QED) is 0.686. The van der Waals surface area contributed by atoms with Gasteiger partial charge in [-0.25, -0.2) is 0 Å². The van der Waals surface area contributed by atoms with Crippen molar-refractivity contribution in [2.75, 3.05) is 16.4 Å². The molecule has 2 saturated heterocycles. The molecular weight excluding hydrogens is 450 g/mol. The molecule has 0 radical (unpaired) electrons. The molecule has 2 aliphatic heterocycles. The second kappa shape index (κ2) is 8.44. The second-order valence-electron chi connectivity index (χ2n) is 8.49. The number of rotatable bonds is 5. The van der Waals surface area contributed by atoms with Crippen molar-refractivity contribution in [3.8, 4) is 0 Å². The Balaban J connectivity index is 1.42. The van der Waals surface area contributed by atoms with Crippen LogP contribution in [0.15, 0.2) is 24.3 Å². The molecule has 3 unspecified atom stereocenters. The zero-order valence-corrected chi connectivity index (χ0v) is 20.0. The molecule has 8 nitrogen and oxygen atoms in total. The first-order valence-corrected chi connectivity index (χ1v) is 11.9. The zero-order chi connectivity index (χ0) is 23.2. The Morgan fingerprint density at radius 1 is 1.28 bits per heavy atom. The summed E-state index contributed by atoms with van der Waals surface area (Å²) in [6.45, 7) is 7.55. The molecule has 32 heavy (non-hydrogen) atoms. The number of carbonyl (C=O) groups is 3. The van der Waals surface area contributed by atoms with E-state index in [4.69, 9.17) is 11.6 Å². The smallest absolute Gasteiger partial charge is 0.248 e. The minimum absolute atomic E-state index is 0.0190. The molecule has 2 N–H and O–H groups in total. The van der Waals surface area contributed by atoms with Crippen molar-refractivity contribution in [2.45, 2.75) is 57.5 Å². The molecule has 1 aromatic carbocycles. The third-order valence-corrected chi connectivity index (χ3v) is 7.85. The van der Waals surface area contributed by atoms with E-state index in [1.54, 1.807) is 46.5 Å². The number of hydrogen-bond acceptors (Lipinski definition) is 5. The highest BCUT2D eigenvalue weighted by Gasteiger charge is 2.52. The SMILES string of the molecule is Cc1cc(C)n(C(C)C(=O)Nc2ccc(NC(=O)C3CSC4(C)CCC(=O)N34)cc2Cl)n1. The van der Waals surface area contributed by atoms with Gasteiger partial charge in [0.25, 0.3) is 0 Å². The van der Waals surface area contributed by atoms with Gasteiger partial charge in [0, 0.05) is 23.6 Å². The number of benzene rings is 1. The molecule has 0 spiro atoms. The molecule has 2 fully saturated rings. The van der Waals surface area contributed by atoms with Gasteiger partial charge < -0.3 is 15.5 Å². The van der Waals surface area contributed by atoms with Crippen LogP contribution in [-0.2, 0) is 14.4 Å². The molecule has 3 atom stereocenters. The monoisotopic (exact) mass is 475 g/mol. The first-order chi connectivity index (χ1) is 15.1. The number of carbonyl (C=O) groups excluding carboxylic acids is 3. The number of amides is 3. The van der Waals surface area contributed by atoms with E-state index in [0.29, 0.717) is 28.6 Å². The molecule has 4 rings (SSSR count). The number of aryl methyl sites for hydroxylation is 2. The van der Waals surface area contributed by atoms with Crippen LogP contribution in [-0.4, -0.2) is 49.1 Å². The number of halogens is 1. The predicted molar refractivity (Wildman–Crippen MR) is 126 cm³/mol. The molecule has 0 saturated carbocycles. The number of fused-ring (bicyclic) bond motifs is 1. The Hall–Kier alpha value is -2.52. The van der Waals surface area contributed by atoms with E-state index in [1.165, 1.54) is 0 Å². The van der Waals surface area contributed by atoms with E-state index in [9.17, 15) is 14.4 Å². The number of anilines is 2. The summed E-state index contributed by atoms with van der Waals surface area (Å²) in [6, 6.07) is 5.83. The molecule has 2 aliphatic rings. The van der Waals surface area contributed by atoms with Crippen LogP contribution in [0, 0.1) is 13.8 Å². The minimum Gasteiger partial charge on any atom is -0.324 e. The van der Waals surface area contributed by atoms with Gasteiger partial charge in [0.15, 0.2) is 0 Å². The lowest BCUT2D eigenvalue weighted by molar-refractivity contribution is -0.135. The maximum atomic E-state index is 12.9. The topological polar surface area (TPSA) is 96.3 Å². The summed E-state index contributed by atoms with van der Waals surface area (Å²) in [5.74, 6) is 0.109. The number of hydrogen-bond donors (Lipinski definition) is 2. The van der Waals surface area contributed by atoms with Gasteiger partial charge in [-0.2, -0.15) is 5.10 Å². The Kier molecular flexibility index (Phi) is 5.98. The van der Waals surface area contributed by atoms with Crippen LogP contribution in [0.3, 0.4) is 0 Å². The normalized spacial score (nSPS) is 23.2. The van der Waals surface area contributed by atoms with Gasteiger partial charge in [-0.15, -0.1) is 11.8 Å². The Labute approximate surface area is 196 Å². The standard InChI is InChI=1S/C22H26ClN5O3S/c1-12-9-13(2)28(26-12)14(3)20(30)25-17-6-5-15(10-16(17)23)24-21(31)18-11-32-22(4)8-7-19(29)27(18)22/h5-6,9-10,14,18H,7-8,11H2,1-4H3,(H,24,31)(H,25,30). The van der Waals surface area contributed by atoms with Crippen molar-refractivity contribution in [3.63, 3.8) is 0 Å². The predicted octanol–water partition coefficient (Wildman–Crippen LogP) is 3.75. The summed E-state index contributed by atoms with van der Waals surface area (Å²) in [5.41, 5.74) is 2.69. The summed E-state index contributed by atoms with van der Waals surface area (Å²) in [4.78, 5) is 39.2. The van der Waals surface area contributed by atoms with Crippen LogP contribution in [0.25, 0.3) is 0 Å². The molecule has 170 valence electrons. The van der Waals surface area contributed by atoms with Gasteiger partial charge in [-0.1, -0.05) is 11.6 Å². The van der Waals surface area contributed by atoms with Crippen LogP contribution in [0.4, 0.5) is 11.4 Å². The Morgan fingerprint density at radius 2 is 2.03 bits per heavy atom. The number of thioether (sulfide) groups is 1. The highest BCUT2D eigenvalue weighted by molar-refractivity contribution is 8.01. The van der Waals surface area contributed by atoms with Gasteiger partial charge in [0.05, 0.1) is 21.3 Å². The Bertz CT molecular complexity index is 1100. The lowest BCUT2D eigenvalue weighted by Gasteiger charge is -2.29. The minimum atomic E-state index is -0.508. The van der Waals surface area contributed by atoms with Gasteiger partial charge >= 0.3 is 0 Å². The highest BCUT2D eigenvalue weighted by Crippen LogP contribution is 2.47. The van der Waals surface area contributed by atoms with Gasteiger partial charge in [-0.05, 0) is 58.4 Å². The van der Waals surface area contributed by atoms with Gasteiger partial charge in [-0.3, -0.25) is 19.1 Å². The Morgan fingerprint density at radius 3 is 2.69 bits per heavy atom. The average Bonchev–Trinajstić information content (AvgIpc) is 3.35. The lowest BCUT2D eigenvalue weighted by Crippen LogP contribution is -2.48. The first-order valence-electron chi connectivity index (χ1n) is 10.5. The van der Waals surface area contributed by atoms with E-state index in [0.717, 1.165) is 17.8 Å². The third-order valence-electron chi connectivity index (χ3n) is 6.03. The number of nitrogens with one attached hydrogen (secondary N) is 2. The van der Waals surface area contributed by atoms with Crippen molar-refractivity contribution >= 4 is 52.5 Å². The summed E-state index contributed by atoms with van der Waals surface area (Å²) >= 11 is 8.03. The second-order valence-corrected chi connectivity index (χ2v) is 10.4. The highest BCUT2D eigenvalue weighted by atomic mass is 35.5. The van der Waals surface area contributed by atoms with E-state index in [-0.39, 0.29) is 22.6 Å². The number of aromatic nitrogens is 2. The molecular formula is C22H26ClN5O3S. The fraction of sp³-hybridized carbons (Fsp3) is 0.455. The molecule has 10 heteroatoms. The first kappa shape index (κ1) is 22.7. The van der Waals surface area contributed by atoms with Crippen molar-refractivity contribution in [3.05, 3.63) is 40.7 Å². The van der Waals surface area contributed by atoms with E-state index in [2.05, 4.69) is 15.7 Å². The maximum absolute atomic E-state index is 12.9. The maximum Gasteiger partial charge on any atom is 0.248 e.